The molecule has 7 nitrogen and oxygen atoms in total. The molecule has 2 aromatic rings. The third-order valence-corrected chi connectivity index (χ3v) is 7.21. The number of ether oxygens (including phenoxy) is 2. The summed E-state index contributed by atoms with van der Waals surface area (Å²) in [6, 6.07) is 19.0. The molecule has 1 saturated heterocycles. The molecule has 2 aliphatic rings. The first-order valence-electron chi connectivity index (χ1n) is 12.8. The molecule has 0 radical (unpaired) electrons. The summed E-state index contributed by atoms with van der Waals surface area (Å²) in [5.74, 6) is -2.64. The zero-order valence-electron chi connectivity index (χ0n) is 21.6. The fourth-order valence-electron chi connectivity index (χ4n) is 5.39. The Morgan fingerprint density at radius 2 is 1.73 bits per heavy atom. The summed E-state index contributed by atoms with van der Waals surface area (Å²) in [5.41, 5.74) is 3.17. The third kappa shape index (κ3) is 5.81. The molecule has 3 unspecified atom stereocenters. The van der Waals surface area contributed by atoms with Crippen LogP contribution in [-0.4, -0.2) is 49.3 Å². The molecule has 0 amide bonds. The van der Waals surface area contributed by atoms with E-state index in [9.17, 15) is 14.9 Å². The first-order chi connectivity index (χ1) is 17.9. The van der Waals surface area contributed by atoms with E-state index in [4.69, 9.17) is 9.47 Å². The van der Waals surface area contributed by atoms with E-state index < -0.39 is 29.9 Å². The molecular weight excluding hydrogens is 466 g/mol. The van der Waals surface area contributed by atoms with Gasteiger partial charge in [-0.3, -0.25) is 14.7 Å². The van der Waals surface area contributed by atoms with Crippen molar-refractivity contribution in [2.24, 2.45) is 10.9 Å². The quantitative estimate of drug-likeness (QED) is 0.501. The Hall–Kier alpha value is -3.76. The number of piperidine rings is 1. The lowest BCUT2D eigenvalue weighted by Gasteiger charge is -2.34. The number of nitrogens with zero attached hydrogens (tertiary/aromatic N) is 3. The van der Waals surface area contributed by atoms with Gasteiger partial charge >= 0.3 is 11.9 Å². The van der Waals surface area contributed by atoms with Gasteiger partial charge in [-0.1, -0.05) is 55.0 Å². The SMILES string of the molecule is COC(=O)C1C(C)=NC(C)=C(C(=O)OC(CN2CCCCC2)c2ccccc2)C1c1ccccc1C#N. The third-order valence-electron chi connectivity index (χ3n) is 7.21. The molecule has 0 saturated carbocycles. The van der Waals surface area contributed by atoms with Crippen LogP contribution in [0, 0.1) is 17.2 Å². The second-order valence-corrected chi connectivity index (χ2v) is 9.60. The number of hydrogen-bond donors (Lipinski definition) is 0. The second-order valence-electron chi connectivity index (χ2n) is 9.60. The highest BCUT2D eigenvalue weighted by Crippen LogP contribution is 2.42. The van der Waals surface area contributed by atoms with Crippen molar-refractivity contribution in [2.75, 3.05) is 26.7 Å². The molecule has 192 valence electrons. The number of carbonyl (C=O) groups is 2. The molecular formula is C30H33N3O4. The summed E-state index contributed by atoms with van der Waals surface area (Å²) >= 11 is 0. The Labute approximate surface area is 218 Å². The number of methoxy groups -OCH3 is 1. The van der Waals surface area contributed by atoms with Crippen molar-refractivity contribution >= 4 is 17.7 Å². The molecule has 1 fully saturated rings. The van der Waals surface area contributed by atoms with Crippen LogP contribution in [-0.2, 0) is 19.1 Å². The molecule has 2 aliphatic heterocycles. The number of hydrogen-bond acceptors (Lipinski definition) is 7. The maximum atomic E-state index is 14.0. The van der Waals surface area contributed by atoms with E-state index in [1.54, 1.807) is 38.1 Å². The molecule has 0 spiro atoms. The highest BCUT2D eigenvalue weighted by atomic mass is 16.5. The van der Waals surface area contributed by atoms with Crippen LogP contribution in [0.3, 0.4) is 0 Å². The van der Waals surface area contributed by atoms with Gasteiger partial charge in [-0.05, 0) is 57.0 Å². The Morgan fingerprint density at radius 1 is 1.05 bits per heavy atom. The maximum Gasteiger partial charge on any atom is 0.337 e. The van der Waals surface area contributed by atoms with Crippen LogP contribution < -0.4 is 0 Å². The molecule has 0 bridgehead atoms. The Balaban J connectivity index is 1.75. The molecule has 0 aliphatic carbocycles. The van der Waals surface area contributed by atoms with Gasteiger partial charge in [0.05, 0.1) is 24.3 Å². The van der Waals surface area contributed by atoms with Crippen molar-refractivity contribution in [3.8, 4) is 6.07 Å². The van der Waals surface area contributed by atoms with Crippen LogP contribution in [0.5, 0.6) is 0 Å². The van der Waals surface area contributed by atoms with Crippen molar-refractivity contribution in [2.45, 2.75) is 45.1 Å². The van der Waals surface area contributed by atoms with Crippen molar-refractivity contribution in [1.82, 2.24) is 4.90 Å². The van der Waals surface area contributed by atoms with Gasteiger partial charge in [-0.2, -0.15) is 5.26 Å². The molecule has 3 atom stereocenters. The van der Waals surface area contributed by atoms with Crippen LogP contribution in [0.15, 0.2) is 70.9 Å². The molecule has 0 aromatic heterocycles. The molecule has 4 rings (SSSR count). The van der Waals surface area contributed by atoms with Gasteiger partial charge in [-0.15, -0.1) is 0 Å². The van der Waals surface area contributed by atoms with Crippen molar-refractivity contribution < 1.29 is 19.1 Å². The number of rotatable bonds is 7. The lowest BCUT2D eigenvalue weighted by Crippen LogP contribution is -2.38. The first-order valence-corrected chi connectivity index (χ1v) is 12.8. The van der Waals surface area contributed by atoms with Gasteiger partial charge in [0.1, 0.15) is 12.0 Å². The van der Waals surface area contributed by atoms with E-state index in [1.165, 1.54) is 13.5 Å². The van der Waals surface area contributed by atoms with E-state index in [0.29, 0.717) is 29.1 Å². The molecule has 2 aromatic carbocycles. The van der Waals surface area contributed by atoms with Gasteiger partial charge in [0.2, 0.25) is 0 Å². The minimum absolute atomic E-state index is 0.281. The van der Waals surface area contributed by atoms with Crippen LogP contribution in [0.25, 0.3) is 0 Å². The summed E-state index contributed by atoms with van der Waals surface area (Å²) in [4.78, 5) is 33.8. The van der Waals surface area contributed by atoms with Crippen LogP contribution >= 0.6 is 0 Å². The zero-order chi connectivity index (χ0) is 26.4. The average molecular weight is 500 g/mol. The number of esters is 2. The van der Waals surface area contributed by atoms with E-state index in [0.717, 1.165) is 31.5 Å². The number of allylic oxidation sites excluding steroid dienone is 1. The molecule has 7 heteroatoms. The summed E-state index contributed by atoms with van der Waals surface area (Å²) in [7, 11) is 1.32. The second kappa shape index (κ2) is 12.0. The summed E-state index contributed by atoms with van der Waals surface area (Å²) in [6.07, 6.45) is 2.98. The number of aliphatic imine (C=N–C) groups is 1. The van der Waals surface area contributed by atoms with E-state index in [2.05, 4.69) is 16.0 Å². The lowest BCUT2D eigenvalue weighted by atomic mass is 9.74. The van der Waals surface area contributed by atoms with Crippen molar-refractivity contribution in [1.29, 1.82) is 5.26 Å². The minimum Gasteiger partial charge on any atom is -0.468 e. The average Bonchev–Trinajstić information content (AvgIpc) is 2.92. The monoisotopic (exact) mass is 499 g/mol. The maximum absolute atomic E-state index is 14.0. The van der Waals surface area contributed by atoms with Gasteiger partial charge in [0.25, 0.3) is 0 Å². The fourth-order valence-corrected chi connectivity index (χ4v) is 5.39. The van der Waals surface area contributed by atoms with Crippen molar-refractivity contribution in [3.05, 3.63) is 82.6 Å². The Kier molecular flexibility index (Phi) is 8.52. The number of likely N-dealkylation sites (tertiary alicyclic amines) is 1. The number of benzene rings is 2. The predicted molar refractivity (Wildman–Crippen MR) is 141 cm³/mol. The standard InChI is InChI=1S/C30H33N3O4/c1-20-26(29(34)36-3)28(24-15-9-8-14-23(24)18-31)27(21(2)32-20)30(35)37-25(22-12-6-4-7-13-22)19-33-16-10-5-11-17-33/h4,6-9,12-15,25-26,28H,5,10-11,16-17,19H2,1-3H3. The Bertz CT molecular complexity index is 1240. The summed E-state index contributed by atoms with van der Waals surface area (Å²) < 4.78 is 11.3. The summed E-state index contributed by atoms with van der Waals surface area (Å²) in [5, 5.41) is 9.83. The lowest BCUT2D eigenvalue weighted by molar-refractivity contribution is -0.147. The fraction of sp³-hybridized carbons (Fsp3) is 0.400. The van der Waals surface area contributed by atoms with E-state index in [1.807, 2.05) is 30.3 Å². The highest BCUT2D eigenvalue weighted by molar-refractivity contribution is 6.07. The topological polar surface area (TPSA) is 92.0 Å². The van der Waals surface area contributed by atoms with Gasteiger partial charge < -0.3 is 9.47 Å². The Morgan fingerprint density at radius 3 is 2.41 bits per heavy atom. The van der Waals surface area contributed by atoms with Crippen LogP contribution in [0.4, 0.5) is 0 Å². The minimum atomic E-state index is -0.844. The van der Waals surface area contributed by atoms with Crippen LogP contribution in [0.1, 0.15) is 61.8 Å². The smallest absolute Gasteiger partial charge is 0.337 e. The number of carbonyl (C=O) groups excluding carboxylic acids is 2. The normalized spacial score (nSPS) is 21.0. The largest absolute Gasteiger partial charge is 0.468 e. The van der Waals surface area contributed by atoms with Gasteiger partial charge in [0.15, 0.2) is 0 Å². The van der Waals surface area contributed by atoms with Gasteiger partial charge in [0, 0.05) is 23.9 Å². The zero-order valence-corrected chi connectivity index (χ0v) is 21.6. The highest BCUT2D eigenvalue weighted by Gasteiger charge is 2.43. The van der Waals surface area contributed by atoms with E-state index >= 15 is 0 Å². The van der Waals surface area contributed by atoms with E-state index in [-0.39, 0.29) is 5.57 Å². The first kappa shape index (κ1) is 26.3. The molecule has 37 heavy (non-hydrogen) atoms. The molecule has 0 N–H and O–H groups in total. The number of nitriles is 1. The van der Waals surface area contributed by atoms with Crippen molar-refractivity contribution in [3.63, 3.8) is 0 Å². The predicted octanol–water partition coefficient (Wildman–Crippen LogP) is 4.95. The summed E-state index contributed by atoms with van der Waals surface area (Å²) in [6.45, 7) is 6.02. The van der Waals surface area contributed by atoms with Crippen LogP contribution in [0.2, 0.25) is 0 Å². The molecule has 2 heterocycles. The van der Waals surface area contributed by atoms with Gasteiger partial charge in [-0.25, -0.2) is 4.79 Å².